The molecule has 4 aromatic rings. The zero-order valence-corrected chi connectivity index (χ0v) is 21.7. The van der Waals surface area contributed by atoms with Gasteiger partial charge in [0.05, 0.1) is 13.2 Å². The van der Waals surface area contributed by atoms with Crippen molar-refractivity contribution in [2.75, 3.05) is 40.4 Å². The largest absolute Gasteiger partial charge is 0.497 e. The van der Waals surface area contributed by atoms with Gasteiger partial charge in [0.2, 0.25) is 0 Å². The molecule has 1 amide bonds. The van der Waals surface area contributed by atoms with Crippen molar-refractivity contribution in [1.29, 1.82) is 0 Å². The van der Waals surface area contributed by atoms with Crippen LogP contribution in [-0.4, -0.2) is 78.2 Å². The maximum Gasteiger partial charge on any atom is 0.270 e. The van der Waals surface area contributed by atoms with Gasteiger partial charge in [-0.25, -0.2) is 0 Å². The molecule has 0 aliphatic carbocycles. The number of nitrogens with one attached hydrogen (secondary N) is 2. The molecule has 37 heavy (non-hydrogen) atoms. The van der Waals surface area contributed by atoms with Gasteiger partial charge in [-0.15, -0.1) is 0 Å². The smallest absolute Gasteiger partial charge is 0.270 e. The molecule has 2 aliphatic rings. The van der Waals surface area contributed by atoms with E-state index in [1.54, 1.807) is 14.2 Å². The van der Waals surface area contributed by atoms with E-state index in [1.807, 2.05) is 29.2 Å². The predicted octanol–water partition coefficient (Wildman–Crippen LogP) is 5.16. The summed E-state index contributed by atoms with van der Waals surface area (Å²) in [6.07, 6.45) is 6.51. The molecule has 2 aliphatic heterocycles. The van der Waals surface area contributed by atoms with Crippen LogP contribution >= 0.6 is 0 Å². The Morgan fingerprint density at radius 3 is 2.70 bits per heavy atom. The number of carbonyl (C=O) groups is 1. The van der Waals surface area contributed by atoms with Crippen LogP contribution in [0.3, 0.4) is 0 Å². The van der Waals surface area contributed by atoms with Gasteiger partial charge in [-0.2, -0.15) is 0 Å². The van der Waals surface area contributed by atoms with Crippen molar-refractivity contribution in [1.82, 2.24) is 19.8 Å². The molecule has 2 aromatic carbocycles. The highest BCUT2D eigenvalue weighted by atomic mass is 16.5. The highest BCUT2D eigenvalue weighted by Crippen LogP contribution is 2.34. The first kappa shape index (κ1) is 24.1. The molecular weight excluding hydrogens is 464 g/mol. The summed E-state index contributed by atoms with van der Waals surface area (Å²) in [4.78, 5) is 24.9. The summed E-state index contributed by atoms with van der Waals surface area (Å²) in [7, 11) is 3.41. The van der Waals surface area contributed by atoms with Crippen molar-refractivity contribution in [3.05, 3.63) is 66.0 Å². The number of nitrogens with zero attached hydrogens (tertiary/aromatic N) is 2. The number of fused-ring (bicyclic) bond motifs is 2. The first-order valence-corrected chi connectivity index (χ1v) is 13.4. The Morgan fingerprint density at radius 2 is 1.89 bits per heavy atom. The van der Waals surface area contributed by atoms with E-state index in [9.17, 15) is 4.79 Å². The number of para-hydroxylation sites is 1. The molecule has 7 nitrogen and oxygen atoms in total. The molecule has 2 atom stereocenters. The summed E-state index contributed by atoms with van der Waals surface area (Å²) >= 11 is 0. The molecule has 194 valence electrons. The van der Waals surface area contributed by atoms with Crippen LogP contribution in [0.4, 0.5) is 0 Å². The van der Waals surface area contributed by atoms with E-state index in [-0.39, 0.29) is 18.1 Å². The molecule has 0 spiro atoms. The number of hydrogen-bond donors (Lipinski definition) is 2. The Bertz CT molecular complexity index is 1380. The molecule has 0 unspecified atom stereocenters. The number of amides is 1. The van der Waals surface area contributed by atoms with E-state index < -0.39 is 0 Å². The molecule has 2 saturated heterocycles. The fraction of sp³-hybridized carbons (Fsp3) is 0.433. The maximum atomic E-state index is 13.6. The van der Waals surface area contributed by atoms with E-state index in [2.05, 4.69) is 45.3 Å². The van der Waals surface area contributed by atoms with Gasteiger partial charge in [-0.3, -0.25) is 4.79 Å². The third-order valence-corrected chi connectivity index (χ3v) is 8.46. The molecule has 0 radical (unpaired) electrons. The van der Waals surface area contributed by atoms with Crippen LogP contribution in [-0.2, 0) is 4.74 Å². The quantitative estimate of drug-likeness (QED) is 0.368. The van der Waals surface area contributed by atoms with Crippen LogP contribution in [0.15, 0.2) is 54.7 Å². The molecule has 2 aromatic heterocycles. The zero-order valence-electron chi connectivity index (χ0n) is 21.7. The number of H-pyrrole nitrogens is 2. The molecule has 6 rings (SSSR count). The number of likely N-dealkylation sites (tertiary alicyclic amines) is 2. The van der Waals surface area contributed by atoms with E-state index >= 15 is 0 Å². The standard InChI is InChI=1S/C30H36N4O3/c1-36-23-7-8-27-21(15-23)16-29(32-27)30(35)34-19-24(37-2)17-22(34)11-14-33-12-9-20(10-13-33)26-18-31-28-6-4-3-5-25(26)28/h3-8,15-16,18,20,22,24,31-32H,9-14,17,19H2,1-2H3/t22-,24-/m1/s1. The highest BCUT2D eigenvalue weighted by Gasteiger charge is 2.36. The van der Waals surface area contributed by atoms with Gasteiger partial charge in [0.25, 0.3) is 5.91 Å². The Morgan fingerprint density at radius 1 is 1.05 bits per heavy atom. The van der Waals surface area contributed by atoms with Gasteiger partial charge in [0.15, 0.2) is 0 Å². The van der Waals surface area contributed by atoms with Crippen LogP contribution < -0.4 is 4.74 Å². The minimum atomic E-state index is 0.0535. The van der Waals surface area contributed by atoms with Crippen molar-refractivity contribution in [2.45, 2.75) is 43.7 Å². The molecule has 2 N–H and O–H groups in total. The van der Waals surface area contributed by atoms with Crippen molar-refractivity contribution in [3.8, 4) is 5.75 Å². The first-order valence-electron chi connectivity index (χ1n) is 13.4. The van der Waals surface area contributed by atoms with Crippen molar-refractivity contribution >= 4 is 27.7 Å². The van der Waals surface area contributed by atoms with Crippen molar-refractivity contribution in [3.63, 3.8) is 0 Å². The van der Waals surface area contributed by atoms with Crippen LogP contribution in [0.5, 0.6) is 5.75 Å². The molecule has 2 fully saturated rings. The third-order valence-electron chi connectivity index (χ3n) is 8.46. The lowest BCUT2D eigenvalue weighted by Crippen LogP contribution is -2.40. The first-order chi connectivity index (χ1) is 18.1. The van der Waals surface area contributed by atoms with Crippen molar-refractivity contribution in [2.24, 2.45) is 0 Å². The van der Waals surface area contributed by atoms with Crippen LogP contribution in [0, 0.1) is 0 Å². The number of carbonyl (C=O) groups excluding carboxylic acids is 1. The second kappa shape index (κ2) is 10.2. The van der Waals surface area contributed by atoms with Gasteiger partial charge < -0.3 is 29.2 Å². The fourth-order valence-electron chi connectivity index (χ4n) is 6.31. The summed E-state index contributed by atoms with van der Waals surface area (Å²) in [6.45, 7) is 3.85. The van der Waals surface area contributed by atoms with Crippen molar-refractivity contribution < 1.29 is 14.3 Å². The Kier molecular flexibility index (Phi) is 6.65. The molecule has 0 saturated carbocycles. The highest BCUT2D eigenvalue weighted by molar-refractivity contribution is 5.98. The minimum absolute atomic E-state index is 0.0535. The van der Waals surface area contributed by atoms with E-state index in [1.165, 1.54) is 29.3 Å². The van der Waals surface area contributed by atoms with Gasteiger partial charge in [0.1, 0.15) is 11.4 Å². The summed E-state index contributed by atoms with van der Waals surface area (Å²) in [5.74, 6) is 1.45. The normalized spacial score (nSPS) is 21.3. The zero-order chi connectivity index (χ0) is 25.4. The number of aromatic nitrogens is 2. The Balaban J connectivity index is 1.09. The summed E-state index contributed by atoms with van der Waals surface area (Å²) < 4.78 is 11.0. The second-order valence-electron chi connectivity index (χ2n) is 10.5. The molecular formula is C30H36N4O3. The van der Waals surface area contributed by atoms with E-state index in [0.717, 1.165) is 49.1 Å². The molecule has 7 heteroatoms. The third kappa shape index (κ3) is 4.74. The topological polar surface area (TPSA) is 73.6 Å². The lowest BCUT2D eigenvalue weighted by Gasteiger charge is -2.33. The van der Waals surface area contributed by atoms with Gasteiger partial charge in [-0.05, 0) is 80.6 Å². The number of rotatable bonds is 7. The maximum absolute atomic E-state index is 13.6. The number of aromatic amines is 2. The minimum Gasteiger partial charge on any atom is -0.497 e. The average molecular weight is 501 g/mol. The SMILES string of the molecule is COc1ccc2[nH]c(C(=O)N3C[C@H](OC)C[C@H]3CCN3CCC(c4c[nH]c5ccccc45)CC3)cc2c1. The monoisotopic (exact) mass is 500 g/mol. The number of benzene rings is 2. The second-order valence-corrected chi connectivity index (χ2v) is 10.5. The average Bonchev–Trinajstić information content (AvgIpc) is 3.67. The number of methoxy groups -OCH3 is 2. The Labute approximate surface area is 217 Å². The summed E-state index contributed by atoms with van der Waals surface area (Å²) in [6, 6.07) is 16.6. The predicted molar refractivity (Wildman–Crippen MR) is 146 cm³/mol. The summed E-state index contributed by atoms with van der Waals surface area (Å²) in [5.41, 5.74) is 4.26. The van der Waals surface area contributed by atoms with E-state index in [0.29, 0.717) is 18.2 Å². The van der Waals surface area contributed by atoms with Crippen LogP contribution in [0.1, 0.15) is 47.7 Å². The summed E-state index contributed by atoms with van der Waals surface area (Å²) in [5, 5.41) is 2.35. The van der Waals surface area contributed by atoms with Gasteiger partial charge >= 0.3 is 0 Å². The number of hydrogen-bond acceptors (Lipinski definition) is 4. The van der Waals surface area contributed by atoms with Gasteiger partial charge in [-0.1, -0.05) is 18.2 Å². The molecule has 0 bridgehead atoms. The van der Waals surface area contributed by atoms with Crippen LogP contribution in [0.25, 0.3) is 21.8 Å². The fourth-order valence-corrected chi connectivity index (χ4v) is 6.31. The van der Waals surface area contributed by atoms with Crippen LogP contribution in [0.2, 0.25) is 0 Å². The van der Waals surface area contributed by atoms with Gasteiger partial charge in [0, 0.05) is 54.2 Å². The van der Waals surface area contributed by atoms with E-state index in [4.69, 9.17) is 9.47 Å². The Hall–Kier alpha value is -3.29. The lowest BCUT2D eigenvalue weighted by atomic mass is 9.89. The molecule has 4 heterocycles. The number of ether oxygens (including phenoxy) is 2. The lowest BCUT2D eigenvalue weighted by molar-refractivity contribution is 0.0671. The number of piperidine rings is 1.